The van der Waals surface area contributed by atoms with Crippen molar-refractivity contribution in [3.63, 3.8) is 0 Å². The zero-order chi connectivity index (χ0) is 13.1. The monoisotopic (exact) mass is 252 g/mol. The van der Waals surface area contributed by atoms with Gasteiger partial charge in [-0.3, -0.25) is 10.1 Å². The van der Waals surface area contributed by atoms with Gasteiger partial charge in [0.25, 0.3) is 5.69 Å². The van der Waals surface area contributed by atoms with Crippen LogP contribution in [0.25, 0.3) is 0 Å². The molecule has 1 aromatic rings. The summed E-state index contributed by atoms with van der Waals surface area (Å²) in [5, 5.41) is 20.0. The predicted octanol–water partition coefficient (Wildman–Crippen LogP) is 1.31. The lowest BCUT2D eigenvalue weighted by Gasteiger charge is -2.25. The van der Waals surface area contributed by atoms with Crippen LogP contribution in [0.15, 0.2) is 18.2 Å². The van der Waals surface area contributed by atoms with Crippen LogP contribution in [0, 0.1) is 10.1 Å². The highest BCUT2D eigenvalue weighted by molar-refractivity contribution is 5.55. The lowest BCUT2D eigenvalue weighted by Crippen LogP contribution is -2.31. The van der Waals surface area contributed by atoms with E-state index in [9.17, 15) is 15.2 Å². The van der Waals surface area contributed by atoms with Gasteiger partial charge in [0.1, 0.15) is 0 Å². The first kappa shape index (κ1) is 12.8. The summed E-state index contributed by atoms with van der Waals surface area (Å²) in [4.78, 5) is 12.3. The van der Waals surface area contributed by atoms with E-state index < -0.39 is 4.92 Å². The number of nitro groups is 1. The number of aliphatic hydroxyl groups excluding tert-OH is 1. The Bertz CT molecular complexity index is 444. The summed E-state index contributed by atoms with van der Waals surface area (Å²) in [7, 11) is 1.93. The Morgan fingerprint density at radius 2 is 2.39 bits per heavy atom. The highest BCUT2D eigenvalue weighted by Gasteiger charge is 2.22. The van der Waals surface area contributed by atoms with Crippen LogP contribution < -0.4 is 4.90 Å². The molecule has 1 heterocycles. The third-order valence-corrected chi connectivity index (χ3v) is 3.29. The number of hydrogen-bond donors (Lipinski definition) is 1. The third kappa shape index (κ3) is 2.44. The highest BCUT2D eigenvalue weighted by Crippen LogP contribution is 2.27. The van der Waals surface area contributed by atoms with Gasteiger partial charge in [0.05, 0.1) is 29.7 Å². The van der Waals surface area contributed by atoms with E-state index in [1.807, 2.05) is 11.9 Å². The fourth-order valence-corrected chi connectivity index (χ4v) is 2.13. The average Bonchev–Trinajstić information content (AvgIpc) is 2.90. The molecule has 1 aromatic carbocycles. The number of aliphatic hydroxyl groups is 1. The molecule has 0 saturated carbocycles. The van der Waals surface area contributed by atoms with E-state index in [0.29, 0.717) is 12.2 Å². The number of anilines is 1. The Hall–Kier alpha value is -1.66. The van der Waals surface area contributed by atoms with Crippen molar-refractivity contribution in [2.45, 2.75) is 19.1 Å². The topological polar surface area (TPSA) is 75.8 Å². The first-order chi connectivity index (χ1) is 8.63. The Balaban J connectivity index is 2.26. The largest absolute Gasteiger partial charge is 0.391 e. The van der Waals surface area contributed by atoms with Crippen molar-refractivity contribution in [2.75, 3.05) is 25.2 Å². The summed E-state index contributed by atoms with van der Waals surface area (Å²) >= 11 is 0. The lowest BCUT2D eigenvalue weighted by atomic mass is 10.1. The number of rotatable bonds is 4. The normalized spacial score (nSPS) is 18.9. The molecule has 1 aliphatic rings. The molecule has 1 saturated heterocycles. The van der Waals surface area contributed by atoms with Crippen LogP contribution in [0.1, 0.15) is 12.0 Å². The smallest absolute Gasteiger partial charge is 0.275 e. The molecule has 0 aromatic heterocycles. The number of hydrogen-bond acceptors (Lipinski definition) is 5. The van der Waals surface area contributed by atoms with Crippen LogP contribution in [0.5, 0.6) is 0 Å². The SMILES string of the molecule is CN(c1ccc([N+](=O)[O-])c(CO)c1)C1CCOC1. The maximum absolute atomic E-state index is 10.8. The second-order valence-corrected chi connectivity index (χ2v) is 4.36. The summed E-state index contributed by atoms with van der Waals surface area (Å²) < 4.78 is 5.32. The molecule has 2 rings (SSSR count). The fraction of sp³-hybridized carbons (Fsp3) is 0.500. The van der Waals surface area contributed by atoms with Crippen LogP contribution in [0.4, 0.5) is 11.4 Å². The summed E-state index contributed by atoms with van der Waals surface area (Å²) in [6, 6.07) is 5.09. The standard InChI is InChI=1S/C12H16N2O4/c1-13(11-4-5-18-8-11)10-2-3-12(14(16)17)9(6-10)7-15/h2-3,6,11,15H,4-5,7-8H2,1H3. The van der Waals surface area contributed by atoms with E-state index in [1.165, 1.54) is 6.07 Å². The summed E-state index contributed by atoms with van der Waals surface area (Å²) in [5.74, 6) is 0. The molecule has 18 heavy (non-hydrogen) atoms. The Labute approximate surface area is 105 Å². The highest BCUT2D eigenvalue weighted by atomic mass is 16.6. The molecule has 0 radical (unpaired) electrons. The van der Waals surface area contributed by atoms with Crippen molar-refractivity contribution in [3.05, 3.63) is 33.9 Å². The van der Waals surface area contributed by atoms with Crippen molar-refractivity contribution < 1.29 is 14.8 Å². The van der Waals surface area contributed by atoms with Gasteiger partial charge in [0.15, 0.2) is 0 Å². The molecule has 0 spiro atoms. The molecule has 1 aliphatic heterocycles. The van der Waals surface area contributed by atoms with Gasteiger partial charge in [0, 0.05) is 25.4 Å². The zero-order valence-corrected chi connectivity index (χ0v) is 10.2. The molecule has 0 aliphatic carbocycles. The maximum atomic E-state index is 10.8. The van der Waals surface area contributed by atoms with Crippen LogP contribution in [0.3, 0.4) is 0 Å². The van der Waals surface area contributed by atoms with Crippen molar-refractivity contribution in [3.8, 4) is 0 Å². The minimum Gasteiger partial charge on any atom is -0.391 e. The lowest BCUT2D eigenvalue weighted by molar-refractivity contribution is -0.385. The number of nitrogens with zero attached hydrogens (tertiary/aromatic N) is 2. The van der Waals surface area contributed by atoms with Gasteiger partial charge in [-0.2, -0.15) is 0 Å². The Morgan fingerprint density at radius 1 is 1.61 bits per heavy atom. The molecule has 0 bridgehead atoms. The molecule has 1 unspecified atom stereocenters. The zero-order valence-electron chi connectivity index (χ0n) is 10.2. The molecular formula is C12H16N2O4. The first-order valence-corrected chi connectivity index (χ1v) is 5.82. The molecule has 1 fully saturated rings. The predicted molar refractivity (Wildman–Crippen MR) is 66.6 cm³/mol. The van der Waals surface area contributed by atoms with Crippen LogP contribution in [0.2, 0.25) is 0 Å². The molecule has 1 N–H and O–H groups in total. The Kier molecular flexibility index (Phi) is 3.78. The molecular weight excluding hydrogens is 236 g/mol. The second-order valence-electron chi connectivity index (χ2n) is 4.36. The first-order valence-electron chi connectivity index (χ1n) is 5.82. The molecule has 6 heteroatoms. The third-order valence-electron chi connectivity index (χ3n) is 3.29. The van der Waals surface area contributed by atoms with Gasteiger partial charge < -0.3 is 14.7 Å². The molecule has 0 amide bonds. The molecule has 98 valence electrons. The quantitative estimate of drug-likeness (QED) is 0.646. The van der Waals surface area contributed by atoms with Gasteiger partial charge >= 0.3 is 0 Å². The minimum atomic E-state index is -0.478. The van der Waals surface area contributed by atoms with Crippen molar-refractivity contribution in [1.82, 2.24) is 0 Å². The van der Waals surface area contributed by atoms with Crippen molar-refractivity contribution in [1.29, 1.82) is 0 Å². The number of likely N-dealkylation sites (N-methyl/N-ethyl adjacent to an activating group) is 1. The van der Waals surface area contributed by atoms with Crippen molar-refractivity contribution in [2.24, 2.45) is 0 Å². The summed E-state index contributed by atoms with van der Waals surface area (Å²) in [6.45, 7) is 1.08. The minimum absolute atomic E-state index is 0.0441. The summed E-state index contributed by atoms with van der Waals surface area (Å²) in [6.07, 6.45) is 0.946. The van der Waals surface area contributed by atoms with E-state index in [4.69, 9.17) is 4.74 Å². The molecule has 6 nitrogen and oxygen atoms in total. The fourth-order valence-electron chi connectivity index (χ4n) is 2.13. The van der Waals surface area contributed by atoms with E-state index in [-0.39, 0.29) is 18.3 Å². The van der Waals surface area contributed by atoms with E-state index in [1.54, 1.807) is 12.1 Å². The van der Waals surface area contributed by atoms with Gasteiger partial charge in [0.2, 0.25) is 0 Å². The molecule has 1 atom stereocenters. The van der Waals surface area contributed by atoms with E-state index >= 15 is 0 Å². The Morgan fingerprint density at radius 3 is 2.94 bits per heavy atom. The van der Waals surface area contributed by atoms with Crippen LogP contribution in [-0.4, -0.2) is 36.3 Å². The number of benzene rings is 1. The van der Waals surface area contributed by atoms with E-state index in [2.05, 4.69) is 0 Å². The van der Waals surface area contributed by atoms with Crippen LogP contribution in [-0.2, 0) is 11.3 Å². The van der Waals surface area contributed by atoms with Gasteiger partial charge in [-0.1, -0.05) is 0 Å². The van der Waals surface area contributed by atoms with Gasteiger partial charge in [-0.25, -0.2) is 0 Å². The van der Waals surface area contributed by atoms with Crippen LogP contribution >= 0.6 is 0 Å². The maximum Gasteiger partial charge on any atom is 0.275 e. The summed E-state index contributed by atoms with van der Waals surface area (Å²) in [5.41, 5.74) is 1.15. The number of nitro benzene ring substituents is 1. The second kappa shape index (κ2) is 5.32. The average molecular weight is 252 g/mol. The van der Waals surface area contributed by atoms with Crippen molar-refractivity contribution >= 4 is 11.4 Å². The van der Waals surface area contributed by atoms with E-state index in [0.717, 1.165) is 18.7 Å². The van der Waals surface area contributed by atoms with Gasteiger partial charge in [-0.15, -0.1) is 0 Å². The van der Waals surface area contributed by atoms with Gasteiger partial charge in [-0.05, 0) is 18.6 Å². The number of ether oxygens (including phenoxy) is 1.